The Labute approximate surface area is 124 Å². The van der Waals surface area contributed by atoms with E-state index in [1.807, 2.05) is 0 Å². The number of amidine groups is 1. The fourth-order valence-electron chi connectivity index (χ4n) is 1.67. The molecule has 118 valence electrons. The van der Waals surface area contributed by atoms with E-state index < -0.39 is 15.9 Å². The number of sulfone groups is 1. The third-order valence-corrected chi connectivity index (χ3v) is 4.60. The fourth-order valence-corrected chi connectivity index (χ4v) is 2.91. The number of oxime groups is 1. The van der Waals surface area contributed by atoms with Crippen LogP contribution >= 0.6 is 0 Å². The van der Waals surface area contributed by atoms with Crippen LogP contribution in [0.4, 0.5) is 0 Å². The molecule has 1 rings (SSSR count). The first-order valence-corrected chi connectivity index (χ1v) is 8.21. The minimum Gasteiger partial charge on any atom is -0.409 e. The van der Waals surface area contributed by atoms with E-state index in [-0.39, 0.29) is 16.5 Å². The summed E-state index contributed by atoms with van der Waals surface area (Å²) in [5.41, 5.74) is 5.79. The summed E-state index contributed by atoms with van der Waals surface area (Å²) in [6.07, 6.45) is 0.158. The number of nitrogens with zero attached hydrogens (tertiary/aromatic N) is 1. The zero-order valence-electron chi connectivity index (χ0n) is 11.9. The van der Waals surface area contributed by atoms with E-state index in [4.69, 9.17) is 16.0 Å². The molecule has 8 heteroatoms. The van der Waals surface area contributed by atoms with E-state index in [0.29, 0.717) is 25.1 Å². The van der Waals surface area contributed by atoms with E-state index in [1.165, 1.54) is 12.1 Å². The lowest BCUT2D eigenvalue weighted by Crippen LogP contribution is -2.26. The highest BCUT2D eigenvalue weighted by molar-refractivity contribution is 7.91. The van der Waals surface area contributed by atoms with Crippen LogP contribution in [-0.2, 0) is 9.84 Å². The molecule has 0 saturated heterocycles. The van der Waals surface area contributed by atoms with Crippen LogP contribution in [0.15, 0.2) is 34.3 Å². The van der Waals surface area contributed by atoms with Gasteiger partial charge < -0.3 is 21.4 Å². The lowest BCUT2D eigenvalue weighted by Gasteiger charge is -2.08. The molecule has 1 aromatic carbocycles. The van der Waals surface area contributed by atoms with Crippen molar-refractivity contribution in [3.05, 3.63) is 29.8 Å². The molecule has 0 aliphatic heterocycles. The Hall–Kier alpha value is -1.64. The maximum Gasteiger partial charge on any atom is 0.179 e. The highest BCUT2D eigenvalue weighted by Gasteiger charge is 2.15. The predicted molar refractivity (Wildman–Crippen MR) is 80.2 cm³/mol. The average Bonchev–Trinajstić information content (AvgIpc) is 2.45. The number of aliphatic hydroxyl groups is 1. The van der Waals surface area contributed by atoms with Gasteiger partial charge in [-0.3, -0.25) is 0 Å². The number of nitrogens with one attached hydrogen (secondary N) is 1. The molecule has 0 radical (unpaired) electrons. The van der Waals surface area contributed by atoms with Crippen LogP contribution in [0.1, 0.15) is 18.9 Å². The molecular weight excluding hydrogens is 294 g/mol. The summed E-state index contributed by atoms with van der Waals surface area (Å²) < 4.78 is 24.3. The summed E-state index contributed by atoms with van der Waals surface area (Å²) in [5, 5.41) is 23.5. The Balaban J connectivity index is 2.66. The van der Waals surface area contributed by atoms with Gasteiger partial charge in [-0.15, -0.1) is 0 Å². The Bertz CT molecular complexity index is 585. The van der Waals surface area contributed by atoms with Crippen LogP contribution in [0.5, 0.6) is 0 Å². The monoisotopic (exact) mass is 315 g/mol. The molecule has 5 N–H and O–H groups in total. The lowest BCUT2D eigenvalue weighted by molar-refractivity contribution is 0.184. The summed E-state index contributed by atoms with van der Waals surface area (Å²) in [6, 6.07) is 5.95. The molecule has 0 aromatic heterocycles. The van der Waals surface area contributed by atoms with Crippen molar-refractivity contribution in [2.24, 2.45) is 10.9 Å². The Morgan fingerprint density at radius 3 is 2.76 bits per heavy atom. The SMILES string of the molecule is CC(O)CCNCCS(=O)(=O)c1cccc(/C(N)=N/O)c1. The molecule has 1 unspecified atom stereocenters. The number of rotatable bonds is 8. The predicted octanol–water partition coefficient (Wildman–Crippen LogP) is -0.0847. The van der Waals surface area contributed by atoms with Gasteiger partial charge in [0.25, 0.3) is 0 Å². The molecule has 0 saturated carbocycles. The molecule has 1 aromatic rings. The van der Waals surface area contributed by atoms with E-state index in [9.17, 15) is 8.42 Å². The smallest absolute Gasteiger partial charge is 0.179 e. The van der Waals surface area contributed by atoms with E-state index in [2.05, 4.69) is 10.5 Å². The summed E-state index contributed by atoms with van der Waals surface area (Å²) >= 11 is 0. The zero-order valence-corrected chi connectivity index (χ0v) is 12.7. The van der Waals surface area contributed by atoms with Crippen molar-refractivity contribution >= 4 is 15.7 Å². The van der Waals surface area contributed by atoms with Crippen LogP contribution in [0, 0.1) is 0 Å². The molecule has 0 spiro atoms. The molecule has 0 aliphatic carbocycles. The Kier molecular flexibility index (Phi) is 6.60. The highest BCUT2D eigenvalue weighted by Crippen LogP contribution is 2.13. The Morgan fingerprint density at radius 2 is 2.14 bits per heavy atom. The van der Waals surface area contributed by atoms with Gasteiger partial charge in [-0.25, -0.2) is 8.42 Å². The summed E-state index contributed by atoms with van der Waals surface area (Å²) in [5.74, 6) is -0.200. The van der Waals surface area contributed by atoms with Gasteiger partial charge in [-0.05, 0) is 32.0 Å². The Morgan fingerprint density at radius 1 is 1.43 bits per heavy atom. The van der Waals surface area contributed by atoms with Crippen molar-refractivity contribution < 1.29 is 18.7 Å². The van der Waals surface area contributed by atoms with Gasteiger partial charge in [-0.2, -0.15) is 0 Å². The van der Waals surface area contributed by atoms with Crippen LogP contribution in [0.3, 0.4) is 0 Å². The summed E-state index contributed by atoms with van der Waals surface area (Å²) in [7, 11) is -3.44. The minimum absolute atomic E-state index is 0.0631. The summed E-state index contributed by atoms with van der Waals surface area (Å²) in [4.78, 5) is 0.129. The second-order valence-corrected chi connectivity index (χ2v) is 6.83. The largest absolute Gasteiger partial charge is 0.409 e. The molecule has 0 heterocycles. The summed E-state index contributed by atoms with van der Waals surface area (Å²) in [6.45, 7) is 2.53. The first-order valence-electron chi connectivity index (χ1n) is 6.56. The van der Waals surface area contributed by atoms with Crippen molar-refractivity contribution in [1.29, 1.82) is 0 Å². The molecule has 7 nitrogen and oxygen atoms in total. The van der Waals surface area contributed by atoms with Crippen LogP contribution < -0.4 is 11.1 Å². The molecular formula is C13H21N3O4S. The van der Waals surface area contributed by atoms with Gasteiger partial charge in [0.05, 0.1) is 16.8 Å². The van der Waals surface area contributed by atoms with Gasteiger partial charge >= 0.3 is 0 Å². The van der Waals surface area contributed by atoms with Crippen molar-refractivity contribution in [1.82, 2.24) is 5.32 Å². The van der Waals surface area contributed by atoms with Gasteiger partial charge in [-0.1, -0.05) is 17.3 Å². The molecule has 0 bridgehead atoms. The fraction of sp³-hybridized carbons (Fsp3) is 0.462. The number of hydrogen-bond acceptors (Lipinski definition) is 6. The molecule has 0 amide bonds. The maximum absolute atomic E-state index is 12.2. The second-order valence-electron chi connectivity index (χ2n) is 4.72. The molecule has 1 atom stereocenters. The highest BCUT2D eigenvalue weighted by atomic mass is 32.2. The quantitative estimate of drug-likeness (QED) is 0.175. The average molecular weight is 315 g/mol. The molecule has 0 fully saturated rings. The topological polar surface area (TPSA) is 125 Å². The van der Waals surface area contributed by atoms with Gasteiger partial charge in [0.1, 0.15) is 0 Å². The van der Waals surface area contributed by atoms with Gasteiger partial charge in [0, 0.05) is 12.1 Å². The molecule has 21 heavy (non-hydrogen) atoms. The zero-order chi connectivity index (χ0) is 15.9. The molecule has 0 aliphatic rings. The van der Waals surface area contributed by atoms with Crippen LogP contribution in [0.25, 0.3) is 0 Å². The normalized spacial score (nSPS) is 14.1. The van der Waals surface area contributed by atoms with Crippen molar-refractivity contribution in [3.8, 4) is 0 Å². The van der Waals surface area contributed by atoms with E-state index in [0.717, 1.165) is 0 Å². The second kappa shape index (κ2) is 7.96. The lowest BCUT2D eigenvalue weighted by atomic mass is 10.2. The van der Waals surface area contributed by atoms with E-state index in [1.54, 1.807) is 19.1 Å². The first kappa shape index (κ1) is 17.4. The van der Waals surface area contributed by atoms with Crippen molar-refractivity contribution in [3.63, 3.8) is 0 Å². The van der Waals surface area contributed by atoms with Crippen molar-refractivity contribution in [2.75, 3.05) is 18.8 Å². The third kappa shape index (κ3) is 5.70. The maximum atomic E-state index is 12.2. The number of nitrogens with two attached hydrogens (primary N) is 1. The van der Waals surface area contributed by atoms with Crippen molar-refractivity contribution in [2.45, 2.75) is 24.3 Å². The van der Waals surface area contributed by atoms with Crippen LogP contribution in [-0.4, -0.2) is 49.5 Å². The number of benzene rings is 1. The number of aliphatic hydroxyl groups excluding tert-OH is 1. The first-order chi connectivity index (χ1) is 9.86. The third-order valence-electron chi connectivity index (χ3n) is 2.88. The minimum atomic E-state index is -3.44. The van der Waals surface area contributed by atoms with Gasteiger partial charge in [0.15, 0.2) is 15.7 Å². The number of hydrogen-bond donors (Lipinski definition) is 4. The van der Waals surface area contributed by atoms with E-state index >= 15 is 0 Å². The van der Waals surface area contributed by atoms with Gasteiger partial charge in [0.2, 0.25) is 0 Å². The standard InChI is InChI=1S/C13H21N3O4S/c1-10(17)5-6-15-7-8-21(19,20)12-4-2-3-11(9-12)13(14)16-18/h2-4,9-10,15,17-18H,5-8H2,1H3,(H2,14,16). The van der Waals surface area contributed by atoms with Crippen LogP contribution in [0.2, 0.25) is 0 Å².